The maximum atomic E-state index is 11.6. The Kier molecular flexibility index (Phi) is 5.24. The quantitative estimate of drug-likeness (QED) is 0.744. The molecule has 1 saturated carbocycles. The number of nitrogens with one attached hydrogen (secondary N) is 1. The molecule has 2 rings (SSSR count). The Morgan fingerprint density at radius 3 is 2.79 bits per heavy atom. The van der Waals surface area contributed by atoms with E-state index in [1.54, 1.807) is 6.92 Å². The summed E-state index contributed by atoms with van der Waals surface area (Å²) < 4.78 is 0. The standard InChI is InChI=1S/C15H25N3O/c1-3-6-15(19)16-13-7-4-8-14(13)18-10-5-9-17(2)11-12-18/h13-14H,4-5,7-12H2,1-2H3,(H,16,19). The van der Waals surface area contributed by atoms with Crippen LogP contribution in [0.1, 0.15) is 32.6 Å². The lowest BCUT2D eigenvalue weighted by Crippen LogP contribution is -2.49. The maximum absolute atomic E-state index is 11.6. The van der Waals surface area contributed by atoms with Crippen LogP contribution in [-0.4, -0.2) is 61.0 Å². The van der Waals surface area contributed by atoms with Crippen molar-refractivity contribution < 1.29 is 4.79 Å². The first-order chi connectivity index (χ1) is 9.20. The van der Waals surface area contributed by atoms with Gasteiger partial charge in [0.25, 0.3) is 5.91 Å². The van der Waals surface area contributed by atoms with E-state index in [0.717, 1.165) is 26.1 Å². The number of nitrogens with zero attached hydrogens (tertiary/aromatic N) is 2. The molecule has 1 heterocycles. The van der Waals surface area contributed by atoms with Gasteiger partial charge < -0.3 is 10.2 Å². The van der Waals surface area contributed by atoms with Gasteiger partial charge in [-0.05, 0) is 58.7 Å². The summed E-state index contributed by atoms with van der Waals surface area (Å²) >= 11 is 0. The van der Waals surface area contributed by atoms with Crippen LogP contribution in [0.4, 0.5) is 0 Å². The highest BCUT2D eigenvalue weighted by atomic mass is 16.1. The summed E-state index contributed by atoms with van der Waals surface area (Å²) in [7, 11) is 2.19. The van der Waals surface area contributed by atoms with Crippen LogP contribution in [-0.2, 0) is 4.79 Å². The second-order valence-electron chi connectivity index (χ2n) is 5.65. The van der Waals surface area contributed by atoms with Gasteiger partial charge in [-0.25, -0.2) is 0 Å². The summed E-state index contributed by atoms with van der Waals surface area (Å²) in [6.45, 7) is 6.29. The molecule has 2 unspecified atom stereocenters. The van der Waals surface area contributed by atoms with E-state index in [0.29, 0.717) is 6.04 Å². The number of hydrogen-bond donors (Lipinski definition) is 1. The van der Waals surface area contributed by atoms with Crippen LogP contribution in [0.15, 0.2) is 0 Å². The molecular formula is C15H25N3O. The van der Waals surface area contributed by atoms with Crippen LogP contribution in [0.2, 0.25) is 0 Å². The molecule has 19 heavy (non-hydrogen) atoms. The van der Waals surface area contributed by atoms with Gasteiger partial charge in [-0.3, -0.25) is 9.69 Å². The van der Waals surface area contributed by atoms with Gasteiger partial charge in [0.15, 0.2) is 0 Å². The lowest BCUT2D eigenvalue weighted by molar-refractivity contribution is -0.116. The Hall–Kier alpha value is -1.05. The molecule has 4 nitrogen and oxygen atoms in total. The minimum atomic E-state index is -0.119. The van der Waals surface area contributed by atoms with Crippen molar-refractivity contribution >= 4 is 5.91 Å². The van der Waals surface area contributed by atoms with Gasteiger partial charge in [0.1, 0.15) is 0 Å². The van der Waals surface area contributed by atoms with Crippen LogP contribution in [0.25, 0.3) is 0 Å². The van der Waals surface area contributed by atoms with E-state index in [1.165, 1.54) is 25.8 Å². The second-order valence-corrected chi connectivity index (χ2v) is 5.65. The number of hydrogen-bond acceptors (Lipinski definition) is 3. The average Bonchev–Trinajstić information content (AvgIpc) is 2.71. The molecule has 106 valence electrons. The highest BCUT2D eigenvalue weighted by molar-refractivity contribution is 5.93. The van der Waals surface area contributed by atoms with Crippen molar-refractivity contribution in [2.24, 2.45) is 0 Å². The molecule has 1 aliphatic heterocycles. The molecule has 0 aromatic heterocycles. The Labute approximate surface area is 116 Å². The first-order valence-corrected chi connectivity index (χ1v) is 7.36. The van der Waals surface area contributed by atoms with Gasteiger partial charge in [0.05, 0.1) is 0 Å². The minimum Gasteiger partial charge on any atom is -0.341 e. The third-order valence-corrected chi connectivity index (χ3v) is 4.26. The molecule has 1 saturated heterocycles. The van der Waals surface area contributed by atoms with Crippen molar-refractivity contribution in [1.82, 2.24) is 15.1 Å². The van der Waals surface area contributed by atoms with Gasteiger partial charge >= 0.3 is 0 Å². The smallest absolute Gasteiger partial charge is 0.296 e. The molecule has 0 radical (unpaired) electrons. The average molecular weight is 263 g/mol. The number of rotatable bonds is 2. The molecule has 0 aromatic carbocycles. The lowest BCUT2D eigenvalue weighted by atomic mass is 10.1. The normalized spacial score (nSPS) is 29.4. The monoisotopic (exact) mass is 263 g/mol. The first-order valence-electron chi connectivity index (χ1n) is 7.36. The van der Waals surface area contributed by atoms with Gasteiger partial charge in [-0.2, -0.15) is 0 Å². The zero-order valence-corrected chi connectivity index (χ0v) is 12.1. The van der Waals surface area contributed by atoms with E-state index in [-0.39, 0.29) is 11.9 Å². The van der Waals surface area contributed by atoms with Crippen LogP contribution in [0.3, 0.4) is 0 Å². The largest absolute Gasteiger partial charge is 0.341 e. The Balaban J connectivity index is 1.93. The molecule has 4 heteroatoms. The van der Waals surface area contributed by atoms with Gasteiger partial charge in [-0.15, -0.1) is 0 Å². The first kappa shape index (κ1) is 14.4. The van der Waals surface area contributed by atoms with Crippen LogP contribution in [0.5, 0.6) is 0 Å². The maximum Gasteiger partial charge on any atom is 0.296 e. The molecule has 1 amide bonds. The summed E-state index contributed by atoms with van der Waals surface area (Å²) in [5.41, 5.74) is 0. The fourth-order valence-corrected chi connectivity index (χ4v) is 3.26. The molecule has 0 aromatic rings. The molecule has 2 aliphatic rings. The van der Waals surface area contributed by atoms with Gasteiger partial charge in [0.2, 0.25) is 0 Å². The summed E-state index contributed by atoms with van der Waals surface area (Å²) in [5.74, 6) is 5.14. The van der Waals surface area contributed by atoms with E-state index in [9.17, 15) is 4.79 Å². The predicted molar refractivity (Wildman–Crippen MR) is 76.7 cm³/mol. The number of carbonyl (C=O) groups excluding carboxylic acids is 1. The summed E-state index contributed by atoms with van der Waals surface area (Å²) in [5, 5.41) is 3.09. The van der Waals surface area contributed by atoms with Crippen LogP contribution in [0, 0.1) is 11.8 Å². The summed E-state index contributed by atoms with van der Waals surface area (Å²) in [6, 6.07) is 0.797. The predicted octanol–water partition coefficient (Wildman–Crippen LogP) is 0.685. The zero-order valence-electron chi connectivity index (χ0n) is 12.1. The lowest BCUT2D eigenvalue weighted by Gasteiger charge is -2.32. The van der Waals surface area contributed by atoms with Gasteiger partial charge in [-0.1, -0.05) is 5.92 Å². The van der Waals surface area contributed by atoms with Crippen molar-refractivity contribution in [2.45, 2.75) is 44.7 Å². The highest BCUT2D eigenvalue weighted by Crippen LogP contribution is 2.25. The number of likely N-dealkylation sites (N-methyl/N-ethyl adjacent to an activating group) is 1. The van der Waals surface area contributed by atoms with Crippen molar-refractivity contribution in [1.29, 1.82) is 0 Å². The highest BCUT2D eigenvalue weighted by Gasteiger charge is 2.33. The van der Waals surface area contributed by atoms with Crippen LogP contribution < -0.4 is 5.32 Å². The summed E-state index contributed by atoms with van der Waals surface area (Å²) in [4.78, 5) is 16.6. The fourth-order valence-electron chi connectivity index (χ4n) is 3.26. The SMILES string of the molecule is CC#CC(=O)NC1CCCC1N1CCCN(C)CC1. The molecule has 0 bridgehead atoms. The second kappa shape index (κ2) is 6.93. The van der Waals surface area contributed by atoms with Crippen LogP contribution >= 0.6 is 0 Å². The number of carbonyl (C=O) groups is 1. The molecule has 1 N–H and O–H groups in total. The Morgan fingerprint density at radius 2 is 2.00 bits per heavy atom. The van der Waals surface area contributed by atoms with Gasteiger partial charge in [0, 0.05) is 25.2 Å². The van der Waals surface area contributed by atoms with E-state index in [2.05, 4.69) is 34.0 Å². The third-order valence-electron chi connectivity index (χ3n) is 4.26. The van der Waals surface area contributed by atoms with Crippen molar-refractivity contribution in [3.63, 3.8) is 0 Å². The molecule has 1 aliphatic carbocycles. The van der Waals surface area contributed by atoms with E-state index < -0.39 is 0 Å². The summed E-state index contributed by atoms with van der Waals surface area (Å²) in [6.07, 6.45) is 4.73. The van der Waals surface area contributed by atoms with Crippen molar-refractivity contribution in [3.8, 4) is 11.8 Å². The third kappa shape index (κ3) is 3.95. The van der Waals surface area contributed by atoms with E-state index in [4.69, 9.17) is 0 Å². The minimum absolute atomic E-state index is 0.119. The van der Waals surface area contributed by atoms with E-state index >= 15 is 0 Å². The Morgan fingerprint density at radius 1 is 1.16 bits per heavy atom. The molecular weight excluding hydrogens is 238 g/mol. The van der Waals surface area contributed by atoms with Crippen molar-refractivity contribution in [3.05, 3.63) is 0 Å². The molecule has 2 fully saturated rings. The molecule has 0 spiro atoms. The molecule has 2 atom stereocenters. The zero-order chi connectivity index (χ0) is 13.7. The topological polar surface area (TPSA) is 35.6 Å². The van der Waals surface area contributed by atoms with E-state index in [1.807, 2.05) is 0 Å². The fraction of sp³-hybridized carbons (Fsp3) is 0.800. The van der Waals surface area contributed by atoms with Crippen molar-refractivity contribution in [2.75, 3.05) is 33.2 Å². The number of amides is 1. The Bertz CT molecular complexity index is 371.